The Hall–Kier alpha value is -3.20. The first-order valence-corrected chi connectivity index (χ1v) is 11.9. The van der Waals surface area contributed by atoms with E-state index < -0.39 is 29.7 Å². The number of hydrogen-bond donors (Lipinski definition) is 2. The third kappa shape index (κ3) is 8.20. The average molecular weight is 491 g/mol. The van der Waals surface area contributed by atoms with Crippen LogP contribution in [0, 0.1) is 17.6 Å². The standard InChI is InChI=1S/C26H32F2N2O5/c1-2-34-24(25(31)32)15-18-7-10-21(11-8-18)35-14-13-30(17-19-5-3-4-6-19)26(33)29-23-12-9-20(27)16-22(23)28/h7-12,16,19,24H,2-6,13-15,17H2,1H3,(H,29,33)(H,31,32). The Balaban J connectivity index is 1.56. The Morgan fingerprint density at radius 3 is 2.49 bits per heavy atom. The molecule has 0 aliphatic heterocycles. The molecule has 2 aromatic carbocycles. The van der Waals surface area contributed by atoms with Gasteiger partial charge in [-0.25, -0.2) is 18.4 Å². The number of carboxylic acids is 1. The lowest BCUT2D eigenvalue weighted by atomic mass is 10.1. The number of carbonyl (C=O) groups excluding carboxylic acids is 1. The van der Waals surface area contributed by atoms with Crippen LogP contribution in [0.2, 0.25) is 0 Å². The van der Waals surface area contributed by atoms with E-state index in [0.717, 1.165) is 43.4 Å². The van der Waals surface area contributed by atoms with Crippen LogP contribution in [0.3, 0.4) is 0 Å². The van der Waals surface area contributed by atoms with Gasteiger partial charge < -0.3 is 24.8 Å². The van der Waals surface area contributed by atoms with Crippen molar-refractivity contribution in [3.8, 4) is 5.75 Å². The Bertz CT molecular complexity index is 980. The van der Waals surface area contributed by atoms with E-state index in [1.165, 1.54) is 6.07 Å². The summed E-state index contributed by atoms with van der Waals surface area (Å²) in [6.45, 7) is 3.11. The van der Waals surface area contributed by atoms with Crippen LogP contribution in [0.25, 0.3) is 0 Å². The average Bonchev–Trinajstić information content (AvgIpc) is 3.34. The third-order valence-corrected chi connectivity index (χ3v) is 6.03. The molecule has 0 aromatic heterocycles. The van der Waals surface area contributed by atoms with Gasteiger partial charge in [-0.2, -0.15) is 0 Å². The van der Waals surface area contributed by atoms with Gasteiger partial charge in [0.05, 0.1) is 12.2 Å². The molecule has 0 heterocycles. The molecule has 1 unspecified atom stereocenters. The summed E-state index contributed by atoms with van der Waals surface area (Å²) in [6, 6.07) is 9.63. The second kappa shape index (κ2) is 13.0. The highest BCUT2D eigenvalue weighted by molar-refractivity contribution is 5.89. The van der Waals surface area contributed by atoms with E-state index in [2.05, 4.69) is 5.32 Å². The summed E-state index contributed by atoms with van der Waals surface area (Å²) in [7, 11) is 0. The Morgan fingerprint density at radius 2 is 1.86 bits per heavy atom. The molecule has 9 heteroatoms. The molecule has 1 fully saturated rings. The molecule has 0 bridgehead atoms. The minimum absolute atomic E-state index is 0.0731. The quantitative estimate of drug-likeness (QED) is 0.432. The number of nitrogens with zero attached hydrogens (tertiary/aromatic N) is 1. The number of ether oxygens (including phenoxy) is 2. The lowest BCUT2D eigenvalue weighted by Gasteiger charge is -2.26. The van der Waals surface area contributed by atoms with Crippen LogP contribution in [-0.2, 0) is 16.0 Å². The predicted octanol–water partition coefficient (Wildman–Crippen LogP) is 5.10. The molecule has 0 spiro atoms. The SMILES string of the molecule is CCOC(Cc1ccc(OCCN(CC2CCCC2)C(=O)Nc2ccc(F)cc2F)cc1)C(=O)O. The monoisotopic (exact) mass is 490 g/mol. The van der Waals surface area contributed by atoms with Gasteiger partial charge in [-0.05, 0) is 55.5 Å². The fourth-order valence-corrected chi connectivity index (χ4v) is 4.19. The van der Waals surface area contributed by atoms with Crippen LogP contribution in [0.15, 0.2) is 42.5 Å². The first kappa shape index (κ1) is 26.4. The van der Waals surface area contributed by atoms with Crippen molar-refractivity contribution in [3.05, 3.63) is 59.7 Å². The summed E-state index contributed by atoms with van der Waals surface area (Å²) in [4.78, 5) is 25.7. The van der Waals surface area contributed by atoms with Gasteiger partial charge in [-0.3, -0.25) is 0 Å². The van der Waals surface area contributed by atoms with Crippen LogP contribution >= 0.6 is 0 Å². The highest BCUT2D eigenvalue weighted by atomic mass is 19.1. The van der Waals surface area contributed by atoms with E-state index in [1.807, 2.05) is 0 Å². The number of aliphatic carboxylic acids is 1. The molecule has 1 saturated carbocycles. The first-order chi connectivity index (χ1) is 16.9. The molecule has 0 radical (unpaired) electrons. The van der Waals surface area contributed by atoms with E-state index in [4.69, 9.17) is 9.47 Å². The van der Waals surface area contributed by atoms with Crippen LogP contribution < -0.4 is 10.1 Å². The summed E-state index contributed by atoms with van der Waals surface area (Å²) in [5.74, 6) is -1.58. The summed E-state index contributed by atoms with van der Waals surface area (Å²) in [6.07, 6.45) is 3.68. The highest BCUT2D eigenvalue weighted by Gasteiger charge is 2.23. The zero-order chi connectivity index (χ0) is 25.2. The molecule has 2 amide bonds. The minimum atomic E-state index is -1.01. The number of benzene rings is 2. The molecule has 1 aliphatic rings. The second-order valence-corrected chi connectivity index (χ2v) is 8.63. The molecule has 190 valence electrons. The summed E-state index contributed by atoms with van der Waals surface area (Å²) in [5.41, 5.74) is 0.734. The van der Waals surface area contributed by atoms with E-state index >= 15 is 0 Å². The van der Waals surface area contributed by atoms with Crippen LogP contribution in [0.1, 0.15) is 38.2 Å². The van der Waals surface area contributed by atoms with Gasteiger partial charge in [0.15, 0.2) is 6.10 Å². The number of amides is 2. The van der Waals surface area contributed by atoms with E-state index in [1.54, 1.807) is 36.1 Å². The zero-order valence-corrected chi connectivity index (χ0v) is 19.8. The first-order valence-electron chi connectivity index (χ1n) is 11.9. The molecule has 7 nitrogen and oxygen atoms in total. The van der Waals surface area contributed by atoms with Crippen molar-refractivity contribution in [1.82, 2.24) is 4.90 Å². The smallest absolute Gasteiger partial charge is 0.333 e. The second-order valence-electron chi connectivity index (χ2n) is 8.63. The van der Waals surface area contributed by atoms with Gasteiger partial charge in [-0.1, -0.05) is 25.0 Å². The van der Waals surface area contributed by atoms with Crippen molar-refractivity contribution >= 4 is 17.7 Å². The van der Waals surface area contributed by atoms with Crippen molar-refractivity contribution in [1.29, 1.82) is 0 Å². The molecule has 0 saturated heterocycles. The van der Waals surface area contributed by atoms with Gasteiger partial charge in [0.1, 0.15) is 24.0 Å². The molecule has 35 heavy (non-hydrogen) atoms. The predicted molar refractivity (Wildman–Crippen MR) is 128 cm³/mol. The number of rotatable bonds is 12. The van der Waals surface area contributed by atoms with Crippen LogP contribution in [0.5, 0.6) is 5.75 Å². The normalized spacial score (nSPS) is 14.5. The van der Waals surface area contributed by atoms with E-state index in [-0.39, 0.29) is 18.7 Å². The topological polar surface area (TPSA) is 88.1 Å². The van der Waals surface area contributed by atoms with E-state index in [0.29, 0.717) is 31.4 Å². The molecule has 2 N–H and O–H groups in total. The van der Waals surface area contributed by atoms with Gasteiger partial charge in [0, 0.05) is 25.6 Å². The number of carboxylic acid groups (broad SMARTS) is 1. The maximum absolute atomic E-state index is 14.0. The fourth-order valence-electron chi connectivity index (χ4n) is 4.19. The number of urea groups is 1. The Labute approximate surface area is 204 Å². The number of carbonyl (C=O) groups is 2. The number of hydrogen-bond acceptors (Lipinski definition) is 4. The van der Waals surface area contributed by atoms with Gasteiger partial charge >= 0.3 is 12.0 Å². The summed E-state index contributed by atoms with van der Waals surface area (Å²) < 4.78 is 38.2. The van der Waals surface area contributed by atoms with Crippen molar-refractivity contribution in [3.63, 3.8) is 0 Å². The van der Waals surface area contributed by atoms with Crippen LogP contribution in [-0.4, -0.2) is 54.4 Å². The fraction of sp³-hybridized carbons (Fsp3) is 0.462. The maximum atomic E-state index is 14.0. The largest absolute Gasteiger partial charge is 0.492 e. The minimum Gasteiger partial charge on any atom is -0.492 e. The molecule has 1 aliphatic carbocycles. The van der Waals surface area contributed by atoms with E-state index in [9.17, 15) is 23.5 Å². The molecular formula is C26H32F2N2O5. The highest BCUT2D eigenvalue weighted by Crippen LogP contribution is 2.26. The number of nitrogens with one attached hydrogen (secondary N) is 1. The molecule has 1 atom stereocenters. The van der Waals surface area contributed by atoms with Gasteiger partial charge in [-0.15, -0.1) is 0 Å². The van der Waals surface area contributed by atoms with Crippen molar-refractivity contribution in [2.24, 2.45) is 5.92 Å². The van der Waals surface area contributed by atoms with Crippen molar-refractivity contribution in [2.75, 3.05) is 31.6 Å². The van der Waals surface area contributed by atoms with Crippen molar-refractivity contribution in [2.45, 2.75) is 45.1 Å². The number of anilines is 1. The zero-order valence-electron chi connectivity index (χ0n) is 19.8. The summed E-state index contributed by atoms with van der Waals surface area (Å²) in [5, 5.41) is 11.8. The summed E-state index contributed by atoms with van der Waals surface area (Å²) >= 11 is 0. The Morgan fingerprint density at radius 1 is 1.14 bits per heavy atom. The lowest BCUT2D eigenvalue weighted by Crippen LogP contribution is -2.40. The lowest BCUT2D eigenvalue weighted by molar-refractivity contribution is -0.149. The molecular weight excluding hydrogens is 458 g/mol. The van der Waals surface area contributed by atoms with Crippen LogP contribution in [0.4, 0.5) is 19.3 Å². The maximum Gasteiger partial charge on any atom is 0.333 e. The molecule has 2 aromatic rings. The van der Waals surface area contributed by atoms with Crippen molar-refractivity contribution < 1.29 is 33.0 Å². The van der Waals surface area contributed by atoms with Gasteiger partial charge in [0.25, 0.3) is 0 Å². The third-order valence-electron chi connectivity index (χ3n) is 6.03. The Kier molecular flexibility index (Phi) is 9.84. The van der Waals surface area contributed by atoms with Gasteiger partial charge in [0.2, 0.25) is 0 Å². The number of halogens is 2. The molecule has 3 rings (SSSR count).